The Morgan fingerprint density at radius 3 is 2.96 bits per heavy atom. The summed E-state index contributed by atoms with van der Waals surface area (Å²) in [4.78, 5) is 14.3. The number of aryl methyl sites for hydroxylation is 2. The van der Waals surface area contributed by atoms with Gasteiger partial charge in [-0.2, -0.15) is 5.10 Å². The highest BCUT2D eigenvalue weighted by Crippen LogP contribution is 2.37. The third-order valence-corrected chi connectivity index (χ3v) is 4.36. The molecule has 3 rings (SSSR count). The van der Waals surface area contributed by atoms with Crippen molar-refractivity contribution in [3.8, 4) is 16.9 Å². The van der Waals surface area contributed by atoms with Crippen LogP contribution in [0.5, 0.6) is 5.75 Å². The summed E-state index contributed by atoms with van der Waals surface area (Å²) in [6.45, 7) is 3.17. The van der Waals surface area contributed by atoms with Gasteiger partial charge in [-0.25, -0.2) is 4.79 Å². The van der Waals surface area contributed by atoms with Gasteiger partial charge in [-0.15, -0.1) is 0 Å². The fourth-order valence-corrected chi connectivity index (χ4v) is 3.13. The number of aliphatic hydroxyl groups excluding tert-OH is 1. The van der Waals surface area contributed by atoms with Gasteiger partial charge in [0.05, 0.1) is 44.2 Å². The summed E-state index contributed by atoms with van der Waals surface area (Å²) in [5.74, 6) is 1.29. The third-order valence-electron chi connectivity index (χ3n) is 4.36. The zero-order valence-corrected chi connectivity index (χ0v) is 15.2. The van der Waals surface area contributed by atoms with E-state index in [2.05, 4.69) is 10.4 Å². The van der Waals surface area contributed by atoms with Gasteiger partial charge >= 0.3 is 6.03 Å². The normalized spacial score (nSPS) is 17.7. The van der Waals surface area contributed by atoms with Crippen LogP contribution in [0.2, 0.25) is 0 Å². The van der Waals surface area contributed by atoms with Gasteiger partial charge in [0, 0.05) is 19.2 Å². The number of aliphatic hydroxyl groups is 1. The second-order valence-corrected chi connectivity index (χ2v) is 6.24. The van der Waals surface area contributed by atoms with Crippen LogP contribution in [0.4, 0.5) is 10.6 Å². The highest BCUT2D eigenvalue weighted by atomic mass is 16.5. The minimum Gasteiger partial charge on any atom is -0.496 e. The molecular weight excluding hydrogens is 336 g/mol. The van der Waals surface area contributed by atoms with E-state index in [0.717, 1.165) is 16.8 Å². The van der Waals surface area contributed by atoms with E-state index in [1.807, 2.05) is 31.2 Å². The standard InChI is InChI=1S/C18H24N4O4/c1-12-16(14-6-4-5-7-15(14)25-3)17(21(2)20-12)19-18(24)22-8-9-26-11-13(23)10-22/h4-7,13,23H,8-11H2,1-3H3,(H,19,24)/t13-/m1/s1. The lowest BCUT2D eigenvalue weighted by atomic mass is 10.0. The van der Waals surface area contributed by atoms with Gasteiger partial charge in [0.25, 0.3) is 0 Å². The number of nitrogens with one attached hydrogen (secondary N) is 1. The molecule has 2 heterocycles. The Bertz CT molecular complexity index is 789. The van der Waals surface area contributed by atoms with Gasteiger partial charge in [-0.1, -0.05) is 18.2 Å². The highest BCUT2D eigenvalue weighted by Gasteiger charge is 2.25. The van der Waals surface area contributed by atoms with Crippen LogP contribution >= 0.6 is 0 Å². The fourth-order valence-electron chi connectivity index (χ4n) is 3.13. The molecule has 1 aromatic heterocycles. The summed E-state index contributed by atoms with van der Waals surface area (Å²) in [5, 5.41) is 17.2. The number of carbonyl (C=O) groups excluding carboxylic acids is 1. The summed E-state index contributed by atoms with van der Waals surface area (Å²) in [7, 11) is 3.39. The minimum atomic E-state index is -0.690. The lowest BCUT2D eigenvalue weighted by Gasteiger charge is -2.22. The monoisotopic (exact) mass is 360 g/mol. The SMILES string of the molecule is COc1ccccc1-c1c(C)nn(C)c1NC(=O)N1CCOC[C@H](O)C1. The van der Waals surface area contributed by atoms with E-state index in [-0.39, 0.29) is 19.2 Å². The van der Waals surface area contributed by atoms with Crippen molar-refractivity contribution in [3.05, 3.63) is 30.0 Å². The Balaban J connectivity index is 1.92. The number of aromatic nitrogens is 2. The molecule has 2 amide bonds. The number of para-hydroxylation sites is 1. The predicted octanol–water partition coefficient (Wildman–Crippen LogP) is 1.63. The van der Waals surface area contributed by atoms with E-state index in [1.54, 1.807) is 23.7 Å². The quantitative estimate of drug-likeness (QED) is 0.868. The number of β-amino-alcohol motifs (C(OH)–C–C–N with tert-alkyl or cyclic N) is 1. The first kappa shape index (κ1) is 18.2. The van der Waals surface area contributed by atoms with Gasteiger partial charge < -0.3 is 19.5 Å². The second kappa shape index (κ2) is 7.76. The van der Waals surface area contributed by atoms with Crippen LogP contribution in [-0.4, -0.2) is 65.3 Å². The van der Waals surface area contributed by atoms with Crippen molar-refractivity contribution in [3.63, 3.8) is 0 Å². The maximum absolute atomic E-state index is 12.7. The van der Waals surface area contributed by atoms with Gasteiger partial charge in [0.15, 0.2) is 0 Å². The van der Waals surface area contributed by atoms with Crippen molar-refractivity contribution >= 4 is 11.8 Å². The van der Waals surface area contributed by atoms with Crippen molar-refractivity contribution in [2.24, 2.45) is 7.05 Å². The number of anilines is 1. The molecule has 8 heteroatoms. The van der Waals surface area contributed by atoms with Crippen LogP contribution in [0.25, 0.3) is 11.1 Å². The molecule has 2 aromatic rings. The van der Waals surface area contributed by atoms with Crippen LogP contribution in [0.15, 0.2) is 24.3 Å². The predicted molar refractivity (Wildman–Crippen MR) is 97.4 cm³/mol. The maximum atomic E-state index is 12.7. The number of hydrogen-bond donors (Lipinski definition) is 2. The molecule has 140 valence electrons. The van der Waals surface area contributed by atoms with E-state index in [4.69, 9.17) is 9.47 Å². The third kappa shape index (κ3) is 3.66. The number of ether oxygens (including phenoxy) is 2. The van der Waals surface area contributed by atoms with E-state index >= 15 is 0 Å². The number of nitrogens with zero attached hydrogens (tertiary/aromatic N) is 3. The zero-order valence-electron chi connectivity index (χ0n) is 15.2. The summed E-state index contributed by atoms with van der Waals surface area (Å²) >= 11 is 0. The van der Waals surface area contributed by atoms with Crippen molar-refractivity contribution in [2.75, 3.05) is 38.7 Å². The Morgan fingerprint density at radius 2 is 2.19 bits per heavy atom. The molecule has 0 aliphatic carbocycles. The maximum Gasteiger partial charge on any atom is 0.323 e. The Morgan fingerprint density at radius 1 is 1.42 bits per heavy atom. The molecule has 2 N–H and O–H groups in total. The molecule has 0 spiro atoms. The average Bonchev–Trinajstić information content (AvgIpc) is 2.77. The average molecular weight is 360 g/mol. The molecule has 1 saturated heterocycles. The first-order valence-corrected chi connectivity index (χ1v) is 8.50. The first-order chi connectivity index (χ1) is 12.5. The molecule has 0 radical (unpaired) electrons. The van der Waals surface area contributed by atoms with Crippen molar-refractivity contribution in [1.82, 2.24) is 14.7 Å². The number of hydrogen-bond acceptors (Lipinski definition) is 5. The lowest BCUT2D eigenvalue weighted by molar-refractivity contribution is 0.0575. The number of amides is 2. The number of urea groups is 1. The fraction of sp³-hybridized carbons (Fsp3) is 0.444. The summed E-state index contributed by atoms with van der Waals surface area (Å²) in [6.07, 6.45) is -0.690. The number of rotatable bonds is 3. The highest BCUT2D eigenvalue weighted by molar-refractivity contribution is 5.94. The number of methoxy groups -OCH3 is 1. The van der Waals surface area contributed by atoms with Gasteiger partial charge in [0.1, 0.15) is 11.6 Å². The Hall–Kier alpha value is -2.58. The van der Waals surface area contributed by atoms with Crippen LogP contribution in [-0.2, 0) is 11.8 Å². The van der Waals surface area contributed by atoms with Gasteiger partial charge in [-0.05, 0) is 13.0 Å². The topological polar surface area (TPSA) is 88.9 Å². The van der Waals surface area contributed by atoms with E-state index in [1.165, 1.54) is 0 Å². The van der Waals surface area contributed by atoms with Crippen LogP contribution in [0.1, 0.15) is 5.69 Å². The van der Waals surface area contributed by atoms with E-state index in [9.17, 15) is 9.90 Å². The van der Waals surface area contributed by atoms with Crippen LogP contribution in [0.3, 0.4) is 0 Å². The molecule has 1 aliphatic rings. The molecule has 26 heavy (non-hydrogen) atoms. The largest absolute Gasteiger partial charge is 0.496 e. The molecular formula is C18H24N4O4. The van der Waals surface area contributed by atoms with Crippen molar-refractivity contribution in [1.29, 1.82) is 0 Å². The Labute approximate surface area is 152 Å². The number of carbonyl (C=O) groups is 1. The second-order valence-electron chi connectivity index (χ2n) is 6.24. The Kier molecular flexibility index (Phi) is 5.43. The zero-order chi connectivity index (χ0) is 18.7. The molecule has 0 unspecified atom stereocenters. The van der Waals surface area contributed by atoms with Crippen LogP contribution in [0, 0.1) is 6.92 Å². The molecule has 8 nitrogen and oxygen atoms in total. The lowest BCUT2D eigenvalue weighted by Crippen LogP contribution is -2.40. The van der Waals surface area contributed by atoms with Gasteiger partial charge in [-0.3, -0.25) is 10.00 Å². The first-order valence-electron chi connectivity index (χ1n) is 8.50. The summed E-state index contributed by atoms with van der Waals surface area (Å²) < 4.78 is 12.4. The number of benzene rings is 1. The summed E-state index contributed by atoms with van der Waals surface area (Å²) in [5.41, 5.74) is 2.45. The van der Waals surface area contributed by atoms with E-state index < -0.39 is 6.10 Å². The molecule has 1 aliphatic heterocycles. The van der Waals surface area contributed by atoms with Gasteiger partial charge in [0.2, 0.25) is 0 Å². The van der Waals surface area contributed by atoms with E-state index in [0.29, 0.717) is 24.7 Å². The van der Waals surface area contributed by atoms with Crippen molar-refractivity contribution in [2.45, 2.75) is 13.0 Å². The molecule has 0 saturated carbocycles. The smallest absolute Gasteiger partial charge is 0.323 e. The molecule has 1 aromatic carbocycles. The minimum absolute atomic E-state index is 0.229. The molecule has 1 atom stereocenters. The van der Waals surface area contributed by atoms with Crippen molar-refractivity contribution < 1.29 is 19.4 Å². The molecule has 0 bridgehead atoms. The molecule has 1 fully saturated rings. The summed E-state index contributed by atoms with van der Waals surface area (Å²) in [6, 6.07) is 7.31. The van der Waals surface area contributed by atoms with Crippen LogP contribution < -0.4 is 10.1 Å².